The number of rotatable bonds is 21. The number of hydrogen-bond acceptors (Lipinski definition) is 9. The summed E-state index contributed by atoms with van der Waals surface area (Å²) < 4.78 is 38.3. The third-order valence-electron chi connectivity index (χ3n) is 11.6. The van der Waals surface area contributed by atoms with Crippen LogP contribution in [0.4, 0.5) is 16.2 Å². The monoisotopic (exact) mass is 958 g/mol. The molecule has 1 fully saturated rings. The standard InChI is InChI=1S/C50H53Cl3N4O7S/c1-3-4-5-6-7-8-9-10-11-16-27-65(61,62)39-24-26-43(42(53)31-39)55-48(59)47(46(58)35-22-25-40(51)41(52)30-35)64-50(60)57(37-17-12-13-18-37)38-23-21-34(33(2)28-38)29-36(32-54)49-56-44-19-14-15-20-45(44)63-49/h14-15,19-26,28-31,37,47H,3-13,16-18,27H2,1-2H3,(H,55,59). The number of carbonyl (C=O) groups is 3. The van der Waals surface area contributed by atoms with E-state index in [1.165, 1.54) is 73.4 Å². The summed E-state index contributed by atoms with van der Waals surface area (Å²) in [6.45, 7) is 4.03. The summed E-state index contributed by atoms with van der Waals surface area (Å²) in [6.07, 6.45) is 12.4. The zero-order chi connectivity index (χ0) is 46.5. The molecule has 11 nitrogen and oxygen atoms in total. The number of Topliss-reactive ketones (excluding diaryl/α,β-unsaturated/α-hetero) is 1. The van der Waals surface area contributed by atoms with Crippen LogP contribution in [-0.2, 0) is 19.4 Å². The molecule has 1 aliphatic carbocycles. The van der Waals surface area contributed by atoms with E-state index in [1.54, 1.807) is 36.4 Å². The molecule has 6 rings (SSSR count). The number of nitrogens with one attached hydrogen (secondary N) is 1. The number of oxazole rings is 1. The van der Waals surface area contributed by atoms with E-state index in [4.69, 9.17) is 44.0 Å². The lowest BCUT2D eigenvalue weighted by molar-refractivity contribution is -0.122. The number of anilines is 2. The minimum absolute atomic E-state index is 0.00494. The van der Waals surface area contributed by atoms with Crippen LogP contribution in [0.1, 0.15) is 124 Å². The molecule has 1 heterocycles. The lowest BCUT2D eigenvalue weighted by Crippen LogP contribution is -2.46. The van der Waals surface area contributed by atoms with Gasteiger partial charge >= 0.3 is 6.09 Å². The first kappa shape index (κ1) is 49.2. The number of nitriles is 1. The summed E-state index contributed by atoms with van der Waals surface area (Å²) in [5, 5.41) is 12.8. The number of aryl methyl sites for hydroxylation is 1. The Balaban J connectivity index is 1.20. The molecule has 0 radical (unpaired) electrons. The first-order valence-electron chi connectivity index (χ1n) is 22.2. The highest BCUT2D eigenvalue weighted by Crippen LogP contribution is 2.33. The van der Waals surface area contributed by atoms with Crippen LogP contribution in [0.3, 0.4) is 0 Å². The molecule has 1 aliphatic rings. The summed E-state index contributed by atoms with van der Waals surface area (Å²) in [7, 11) is -3.67. The second-order valence-corrected chi connectivity index (χ2v) is 19.7. The van der Waals surface area contributed by atoms with Crippen molar-refractivity contribution in [3.05, 3.63) is 117 Å². The maximum atomic E-state index is 14.4. The number of ketones is 1. The fraction of sp³-hybridized carbons (Fsp3) is 0.380. The highest BCUT2D eigenvalue weighted by atomic mass is 35.5. The number of sulfone groups is 1. The summed E-state index contributed by atoms with van der Waals surface area (Å²) in [5.41, 5.74) is 3.19. The number of allylic oxidation sites excluding steroid dienone is 1. The molecular weight excluding hydrogens is 907 g/mol. The summed E-state index contributed by atoms with van der Waals surface area (Å²) in [6, 6.07) is 22.3. The first-order valence-corrected chi connectivity index (χ1v) is 25.0. The van der Waals surface area contributed by atoms with E-state index < -0.39 is 33.7 Å². The number of halogens is 3. The van der Waals surface area contributed by atoms with E-state index in [0.29, 0.717) is 47.2 Å². The number of nitrogens with zero attached hydrogens (tertiary/aromatic N) is 3. The third kappa shape index (κ3) is 13.0. The van der Waals surface area contributed by atoms with Crippen LogP contribution >= 0.6 is 34.8 Å². The number of aromatic nitrogens is 1. The molecule has 1 unspecified atom stereocenters. The average molecular weight is 960 g/mol. The van der Waals surface area contributed by atoms with Gasteiger partial charge in [-0.2, -0.15) is 5.26 Å². The number of fused-ring (bicyclic) bond motifs is 1. The molecule has 0 spiro atoms. The predicted molar refractivity (Wildman–Crippen MR) is 258 cm³/mol. The van der Waals surface area contributed by atoms with Gasteiger partial charge in [0, 0.05) is 17.3 Å². The van der Waals surface area contributed by atoms with Gasteiger partial charge in [-0.05, 0) is 104 Å². The largest absolute Gasteiger partial charge is 0.435 e. The van der Waals surface area contributed by atoms with Crippen molar-refractivity contribution >= 4 is 96.5 Å². The topological polar surface area (TPSA) is 160 Å². The van der Waals surface area contributed by atoms with Crippen molar-refractivity contribution in [3.63, 3.8) is 0 Å². The van der Waals surface area contributed by atoms with Crippen molar-refractivity contribution < 1.29 is 32.0 Å². The van der Waals surface area contributed by atoms with Crippen LogP contribution in [0.5, 0.6) is 0 Å². The number of benzene rings is 4. The van der Waals surface area contributed by atoms with Gasteiger partial charge in [0.1, 0.15) is 17.2 Å². The Morgan fingerprint density at radius 1 is 0.877 bits per heavy atom. The van der Waals surface area contributed by atoms with Crippen molar-refractivity contribution in [2.24, 2.45) is 0 Å². The second-order valence-electron chi connectivity index (χ2n) is 16.4. The van der Waals surface area contributed by atoms with Gasteiger partial charge in [0.25, 0.3) is 5.91 Å². The van der Waals surface area contributed by atoms with Crippen LogP contribution in [0.25, 0.3) is 22.7 Å². The number of carbonyl (C=O) groups excluding carboxylic acids is 3. The quantitative estimate of drug-likeness (QED) is 0.0327. The van der Waals surface area contributed by atoms with Gasteiger partial charge in [0.15, 0.2) is 15.4 Å². The lowest BCUT2D eigenvalue weighted by atomic mass is 10.0. The van der Waals surface area contributed by atoms with Crippen molar-refractivity contribution in [2.45, 2.75) is 121 Å². The van der Waals surface area contributed by atoms with E-state index in [2.05, 4.69) is 23.3 Å². The van der Waals surface area contributed by atoms with E-state index >= 15 is 0 Å². The smallest absolute Gasteiger partial charge is 0.415 e. The first-order chi connectivity index (χ1) is 31.3. The Labute approximate surface area is 396 Å². The zero-order valence-electron chi connectivity index (χ0n) is 36.6. The molecule has 5 aromatic rings. The van der Waals surface area contributed by atoms with Crippen LogP contribution in [0, 0.1) is 18.3 Å². The second kappa shape index (κ2) is 23.3. The molecule has 0 saturated heterocycles. The summed E-state index contributed by atoms with van der Waals surface area (Å²) in [5.74, 6) is -1.78. The molecule has 1 saturated carbocycles. The van der Waals surface area contributed by atoms with Crippen LogP contribution in [0.15, 0.2) is 88.2 Å². The molecule has 2 amide bonds. The van der Waals surface area contributed by atoms with Crippen molar-refractivity contribution in [2.75, 3.05) is 16.0 Å². The van der Waals surface area contributed by atoms with Crippen LogP contribution in [0.2, 0.25) is 15.1 Å². The fourth-order valence-electron chi connectivity index (χ4n) is 7.95. The van der Waals surface area contributed by atoms with Gasteiger partial charge in [-0.3, -0.25) is 14.5 Å². The maximum Gasteiger partial charge on any atom is 0.415 e. The van der Waals surface area contributed by atoms with E-state index in [1.807, 2.05) is 19.1 Å². The minimum Gasteiger partial charge on any atom is -0.435 e. The SMILES string of the molecule is CCCCCCCCCCCCS(=O)(=O)c1ccc(NC(=O)C(OC(=O)N(c2ccc(C=C(C#N)c3nc4ccccc4o3)c(C)c2)C2CCCC2)C(=O)c2ccc(Cl)c(Cl)c2)c(Cl)c1. The Morgan fingerprint density at radius 2 is 1.57 bits per heavy atom. The zero-order valence-corrected chi connectivity index (χ0v) is 39.7. The van der Waals surface area contributed by atoms with Crippen LogP contribution in [-0.4, -0.2) is 49.1 Å². The number of amides is 2. The number of para-hydroxylation sites is 2. The minimum atomic E-state index is -3.67. The molecule has 1 aromatic heterocycles. The highest BCUT2D eigenvalue weighted by molar-refractivity contribution is 7.91. The van der Waals surface area contributed by atoms with Gasteiger partial charge in [-0.25, -0.2) is 18.2 Å². The van der Waals surface area contributed by atoms with Gasteiger partial charge in [-0.15, -0.1) is 0 Å². The van der Waals surface area contributed by atoms with E-state index in [-0.39, 0.29) is 54.5 Å². The van der Waals surface area contributed by atoms with Crippen LogP contribution < -0.4 is 10.2 Å². The molecule has 65 heavy (non-hydrogen) atoms. The van der Waals surface area contributed by atoms with Gasteiger partial charge < -0.3 is 14.5 Å². The van der Waals surface area contributed by atoms with E-state index in [9.17, 15) is 28.1 Å². The van der Waals surface area contributed by atoms with Crippen molar-refractivity contribution in [1.82, 2.24) is 4.98 Å². The highest BCUT2D eigenvalue weighted by Gasteiger charge is 2.37. The molecular formula is C50H53Cl3N4O7S. The summed E-state index contributed by atoms with van der Waals surface area (Å²) in [4.78, 5) is 48.6. The van der Waals surface area contributed by atoms with Gasteiger partial charge in [0.2, 0.25) is 17.8 Å². The van der Waals surface area contributed by atoms with Crippen molar-refractivity contribution in [3.8, 4) is 6.07 Å². The van der Waals surface area contributed by atoms with Gasteiger partial charge in [0.05, 0.1) is 31.4 Å². The fourth-order valence-corrected chi connectivity index (χ4v) is 9.94. The number of hydrogen-bond donors (Lipinski definition) is 1. The molecule has 0 bridgehead atoms. The number of ether oxygens (including phenoxy) is 1. The summed E-state index contributed by atoms with van der Waals surface area (Å²) >= 11 is 19.0. The molecule has 0 aliphatic heterocycles. The Hall–Kier alpha value is -5.19. The average Bonchev–Trinajstić information content (AvgIpc) is 3.98. The van der Waals surface area contributed by atoms with Crippen molar-refractivity contribution in [1.29, 1.82) is 5.26 Å². The Kier molecular flexibility index (Phi) is 17.7. The number of unbranched alkanes of at least 4 members (excludes halogenated alkanes) is 9. The molecule has 342 valence electrons. The van der Waals surface area contributed by atoms with E-state index in [0.717, 1.165) is 38.5 Å². The third-order valence-corrected chi connectivity index (χ3v) is 14.4. The normalized spacial score (nSPS) is 13.7. The maximum absolute atomic E-state index is 14.4. The lowest BCUT2D eigenvalue weighted by Gasteiger charge is -2.30. The molecule has 15 heteroatoms. The molecule has 4 aromatic carbocycles. The Bertz CT molecular complexity index is 2660. The van der Waals surface area contributed by atoms with Gasteiger partial charge in [-0.1, -0.05) is 131 Å². The molecule has 1 N–H and O–H groups in total. The Morgan fingerprint density at radius 3 is 2.22 bits per heavy atom. The predicted octanol–water partition coefficient (Wildman–Crippen LogP) is 13.6. The molecule has 1 atom stereocenters.